The first-order valence-electron chi connectivity index (χ1n) is 11.6. The van der Waals surface area contributed by atoms with E-state index in [2.05, 4.69) is 0 Å². The van der Waals surface area contributed by atoms with E-state index < -0.39 is 54.6 Å². The molecule has 1 aliphatic heterocycles. The number of carbonyl (C=O) groups is 4. The van der Waals surface area contributed by atoms with Crippen molar-refractivity contribution in [1.29, 1.82) is 0 Å². The molecule has 1 heterocycles. The van der Waals surface area contributed by atoms with Gasteiger partial charge in [0.2, 0.25) is 12.4 Å². The summed E-state index contributed by atoms with van der Waals surface area (Å²) in [6, 6.07) is 1.81. The summed E-state index contributed by atoms with van der Waals surface area (Å²) in [5.74, 6) is -1.59. The Labute approximate surface area is 210 Å². The van der Waals surface area contributed by atoms with Crippen LogP contribution in [0, 0.1) is 20.8 Å². The molecule has 0 unspecified atom stereocenters. The summed E-state index contributed by atoms with van der Waals surface area (Å²) in [6.07, 6.45) is -6.27. The van der Waals surface area contributed by atoms with Crippen LogP contribution in [0.3, 0.4) is 0 Å². The van der Waals surface area contributed by atoms with Crippen molar-refractivity contribution in [1.82, 2.24) is 0 Å². The van der Waals surface area contributed by atoms with Gasteiger partial charge in [0.1, 0.15) is 24.2 Å². The highest BCUT2D eigenvalue weighted by atomic mass is 16.7. The van der Waals surface area contributed by atoms with Crippen LogP contribution in [0.4, 0.5) is 0 Å². The van der Waals surface area contributed by atoms with E-state index in [1.54, 1.807) is 0 Å². The van der Waals surface area contributed by atoms with Crippen LogP contribution in [-0.4, -0.2) is 67.8 Å². The lowest BCUT2D eigenvalue weighted by Gasteiger charge is -2.44. The van der Waals surface area contributed by atoms with Crippen molar-refractivity contribution < 1.29 is 52.3 Å². The molecule has 0 aromatic heterocycles. The summed E-state index contributed by atoms with van der Waals surface area (Å²) in [7, 11) is 0. The summed E-state index contributed by atoms with van der Waals surface area (Å²) in [5.41, 5.74) is 2.31. The van der Waals surface area contributed by atoms with Gasteiger partial charge in [0, 0.05) is 27.7 Å². The summed E-state index contributed by atoms with van der Waals surface area (Å²) < 4.78 is 39.3. The number of hydrogen-bond acceptors (Lipinski definition) is 11. The van der Waals surface area contributed by atoms with Crippen molar-refractivity contribution in [2.75, 3.05) is 13.2 Å². The van der Waals surface area contributed by atoms with Gasteiger partial charge in [0.25, 0.3) is 0 Å². The fraction of sp³-hybridized carbons (Fsp3) is 0.600. The molecule has 0 aliphatic carbocycles. The molecule has 2 rings (SSSR count). The van der Waals surface area contributed by atoms with Crippen molar-refractivity contribution in [3.63, 3.8) is 0 Å². The molecule has 0 bridgehead atoms. The molecule has 1 aliphatic rings. The fourth-order valence-electron chi connectivity index (χ4n) is 3.91. The Morgan fingerprint density at radius 1 is 0.806 bits per heavy atom. The van der Waals surface area contributed by atoms with E-state index in [0.29, 0.717) is 18.1 Å². The minimum atomic E-state index is -1.31. The molecule has 11 heteroatoms. The topological polar surface area (TPSA) is 133 Å². The van der Waals surface area contributed by atoms with Gasteiger partial charge in [-0.05, 0) is 50.5 Å². The summed E-state index contributed by atoms with van der Waals surface area (Å²) in [5, 5.41) is 0. The maximum Gasteiger partial charge on any atom is 0.303 e. The molecule has 1 aromatic rings. The predicted octanol–water partition coefficient (Wildman–Crippen LogP) is 2.47. The number of ether oxygens (including phenoxy) is 7. The highest BCUT2D eigenvalue weighted by molar-refractivity contribution is 5.68. The zero-order valence-corrected chi connectivity index (χ0v) is 21.9. The Morgan fingerprint density at radius 2 is 1.36 bits per heavy atom. The maximum atomic E-state index is 12.0. The average Bonchev–Trinajstić information content (AvgIpc) is 2.76. The lowest BCUT2D eigenvalue weighted by molar-refractivity contribution is -0.288. The van der Waals surface area contributed by atoms with Crippen molar-refractivity contribution in [2.24, 2.45) is 0 Å². The Bertz CT molecular complexity index is 987. The third-order valence-electron chi connectivity index (χ3n) is 5.46. The largest absolute Gasteiger partial charge is 0.494 e. The first kappa shape index (κ1) is 28.9. The molecule has 0 spiro atoms. The van der Waals surface area contributed by atoms with Crippen LogP contribution >= 0.6 is 0 Å². The average molecular weight is 511 g/mol. The highest BCUT2D eigenvalue weighted by Crippen LogP contribution is 2.37. The molecule has 200 valence electrons. The van der Waals surface area contributed by atoms with Crippen molar-refractivity contribution in [3.8, 4) is 11.5 Å². The van der Waals surface area contributed by atoms with Gasteiger partial charge in [-0.15, -0.1) is 0 Å². The van der Waals surface area contributed by atoms with E-state index >= 15 is 0 Å². The Kier molecular flexibility index (Phi) is 10.1. The molecule has 36 heavy (non-hydrogen) atoms. The molecular weight excluding hydrogens is 476 g/mol. The quantitative estimate of drug-likeness (QED) is 0.358. The van der Waals surface area contributed by atoms with Crippen LogP contribution in [0.25, 0.3) is 0 Å². The number of hydrogen-bond donors (Lipinski definition) is 0. The molecular formula is C25H34O11. The van der Waals surface area contributed by atoms with Crippen LogP contribution in [0.2, 0.25) is 0 Å². The third kappa shape index (κ3) is 7.33. The first-order valence-corrected chi connectivity index (χ1v) is 11.6. The second kappa shape index (κ2) is 12.6. The third-order valence-corrected chi connectivity index (χ3v) is 5.46. The molecule has 0 amide bonds. The molecule has 1 saturated heterocycles. The van der Waals surface area contributed by atoms with Gasteiger partial charge >= 0.3 is 23.9 Å². The number of rotatable bonds is 9. The second-order valence-electron chi connectivity index (χ2n) is 8.39. The minimum absolute atomic E-state index is 0.335. The summed E-state index contributed by atoms with van der Waals surface area (Å²) in [4.78, 5) is 47.3. The van der Waals surface area contributed by atoms with Gasteiger partial charge in [-0.1, -0.05) is 0 Å². The van der Waals surface area contributed by atoms with Crippen molar-refractivity contribution >= 4 is 23.9 Å². The van der Waals surface area contributed by atoms with E-state index in [4.69, 9.17) is 33.2 Å². The first-order chi connectivity index (χ1) is 16.8. The Hall–Kier alpha value is -3.34. The molecule has 1 aromatic carbocycles. The molecule has 11 nitrogen and oxygen atoms in total. The van der Waals surface area contributed by atoms with Crippen LogP contribution in [-0.2, 0) is 42.9 Å². The van der Waals surface area contributed by atoms with Crippen LogP contribution in [0.1, 0.15) is 51.3 Å². The monoisotopic (exact) mass is 510 g/mol. The van der Waals surface area contributed by atoms with Gasteiger partial charge in [-0.25, -0.2) is 0 Å². The summed E-state index contributed by atoms with van der Waals surface area (Å²) >= 11 is 0. The zero-order chi connectivity index (χ0) is 27.2. The van der Waals surface area contributed by atoms with E-state index in [-0.39, 0.29) is 6.61 Å². The van der Waals surface area contributed by atoms with Gasteiger partial charge in [-0.2, -0.15) is 0 Å². The number of carbonyl (C=O) groups excluding carboxylic acids is 4. The van der Waals surface area contributed by atoms with Crippen LogP contribution in [0.5, 0.6) is 11.5 Å². The number of esters is 4. The van der Waals surface area contributed by atoms with Crippen molar-refractivity contribution in [2.45, 2.75) is 86.1 Å². The maximum absolute atomic E-state index is 12.0. The number of aryl methyl sites for hydroxylation is 1. The normalized spacial score (nSPS) is 23.3. The van der Waals surface area contributed by atoms with Crippen LogP contribution < -0.4 is 9.47 Å². The van der Waals surface area contributed by atoms with E-state index in [1.165, 1.54) is 13.8 Å². The Balaban J connectivity index is 2.56. The second-order valence-corrected chi connectivity index (χ2v) is 8.39. The zero-order valence-electron chi connectivity index (χ0n) is 21.9. The SMILES string of the molecule is CCOc1cc(C)c(O[C@@H]2O[C@H](COC(C)=O)[C@@H](OC(C)=O)[C@H](OC(C)=O)[C@H]2OC(C)=O)c(C)c1C. The standard InChI is InChI=1S/C25H34O11/c1-9-30-19-10-12(2)21(14(4)13(19)3)36-25-24(34-18(8)29)23(33-17(7)28)22(32-16(6)27)20(35-25)11-31-15(5)26/h10,20,22-25H,9,11H2,1-8H3/t20-,22-,23+,24-,25+/m1/s1. The van der Waals surface area contributed by atoms with Crippen LogP contribution in [0.15, 0.2) is 6.07 Å². The Morgan fingerprint density at radius 3 is 1.89 bits per heavy atom. The van der Waals surface area contributed by atoms with Gasteiger partial charge in [0.05, 0.1) is 6.61 Å². The smallest absolute Gasteiger partial charge is 0.303 e. The van der Waals surface area contributed by atoms with E-state index in [9.17, 15) is 19.2 Å². The lowest BCUT2D eigenvalue weighted by atomic mass is 9.97. The van der Waals surface area contributed by atoms with Gasteiger partial charge < -0.3 is 33.2 Å². The summed E-state index contributed by atoms with van der Waals surface area (Å²) in [6.45, 7) is 12.3. The highest BCUT2D eigenvalue weighted by Gasteiger charge is 2.53. The van der Waals surface area contributed by atoms with Crippen molar-refractivity contribution in [3.05, 3.63) is 22.8 Å². The molecule has 0 radical (unpaired) electrons. The molecule has 5 atom stereocenters. The van der Waals surface area contributed by atoms with Gasteiger partial charge in [-0.3, -0.25) is 19.2 Å². The van der Waals surface area contributed by atoms with Gasteiger partial charge in [0.15, 0.2) is 12.2 Å². The molecule has 0 saturated carbocycles. The van der Waals surface area contributed by atoms with E-state index in [0.717, 1.165) is 30.5 Å². The molecule has 1 fully saturated rings. The fourth-order valence-corrected chi connectivity index (χ4v) is 3.91. The minimum Gasteiger partial charge on any atom is -0.494 e. The van der Waals surface area contributed by atoms with E-state index in [1.807, 2.05) is 33.8 Å². The lowest BCUT2D eigenvalue weighted by Crippen LogP contribution is -2.63. The molecule has 0 N–H and O–H groups in total. The number of benzene rings is 1. The predicted molar refractivity (Wildman–Crippen MR) is 124 cm³/mol.